The van der Waals surface area contributed by atoms with Gasteiger partial charge in [0.15, 0.2) is 0 Å². The summed E-state index contributed by atoms with van der Waals surface area (Å²) in [5.41, 5.74) is 10.1. The van der Waals surface area contributed by atoms with Crippen LogP contribution < -0.4 is 0 Å². The van der Waals surface area contributed by atoms with E-state index in [2.05, 4.69) is 61.5 Å². The number of rotatable bonds is 1. The zero-order valence-electron chi connectivity index (χ0n) is 11.1. The molecule has 0 radical (unpaired) electrons. The molecule has 2 aromatic carbocycles. The van der Waals surface area contributed by atoms with Gasteiger partial charge in [0.25, 0.3) is 0 Å². The number of hydrogen-bond donors (Lipinski definition) is 0. The number of aryl methyl sites for hydroxylation is 1. The predicted molar refractivity (Wildman–Crippen MR) is 81.6 cm³/mol. The van der Waals surface area contributed by atoms with Gasteiger partial charge in [-0.15, -0.1) is 0 Å². The number of fused-ring (bicyclic) bond motifs is 3. The maximum absolute atomic E-state index is 2.38. The van der Waals surface area contributed by atoms with Gasteiger partial charge in [0.2, 0.25) is 0 Å². The van der Waals surface area contributed by atoms with Gasteiger partial charge in [0.05, 0.1) is 0 Å². The minimum atomic E-state index is 1.18. The van der Waals surface area contributed by atoms with Crippen molar-refractivity contribution in [3.63, 3.8) is 0 Å². The molecule has 0 atom stereocenters. The molecule has 92 valence electrons. The Kier molecular flexibility index (Phi) is 2.25. The summed E-state index contributed by atoms with van der Waals surface area (Å²) >= 11 is 0. The quantitative estimate of drug-likeness (QED) is 0.655. The molecule has 0 N–H and O–H groups in total. The fourth-order valence-corrected chi connectivity index (χ4v) is 3.31. The van der Waals surface area contributed by atoms with Gasteiger partial charge < -0.3 is 0 Å². The van der Waals surface area contributed by atoms with Crippen molar-refractivity contribution in [3.8, 4) is 0 Å². The zero-order chi connectivity index (χ0) is 12.8. The van der Waals surface area contributed by atoms with E-state index in [1.165, 1.54) is 51.8 Å². The molecule has 2 aliphatic rings. The molecule has 2 aromatic rings. The first kappa shape index (κ1) is 10.8. The van der Waals surface area contributed by atoms with Crippen molar-refractivity contribution in [2.24, 2.45) is 0 Å². The lowest BCUT2D eigenvalue weighted by atomic mass is 9.96. The third-order valence-electron chi connectivity index (χ3n) is 4.20. The molecular weight excluding hydrogens is 228 g/mol. The summed E-state index contributed by atoms with van der Waals surface area (Å²) in [5.74, 6) is 0. The second kappa shape index (κ2) is 3.96. The van der Waals surface area contributed by atoms with Gasteiger partial charge in [-0.1, -0.05) is 60.2 Å². The summed E-state index contributed by atoms with van der Waals surface area (Å²) in [6.07, 6.45) is 4.74. The SMILES string of the molecule is Cc1ccc2c(c1)C1=C(c3ccccc3)CCC1=C2. The van der Waals surface area contributed by atoms with E-state index in [1.54, 1.807) is 0 Å². The highest BCUT2D eigenvalue weighted by atomic mass is 14.3. The van der Waals surface area contributed by atoms with Gasteiger partial charge in [-0.3, -0.25) is 0 Å². The van der Waals surface area contributed by atoms with Crippen molar-refractivity contribution in [2.75, 3.05) is 0 Å². The smallest absolute Gasteiger partial charge is 0.0103 e. The highest BCUT2D eigenvalue weighted by Gasteiger charge is 2.27. The maximum atomic E-state index is 2.38. The fourth-order valence-electron chi connectivity index (χ4n) is 3.31. The molecule has 4 rings (SSSR count). The Morgan fingerprint density at radius 1 is 0.895 bits per heavy atom. The van der Waals surface area contributed by atoms with Crippen LogP contribution in [0.25, 0.3) is 17.2 Å². The lowest BCUT2D eigenvalue weighted by Crippen LogP contribution is -1.87. The Morgan fingerprint density at radius 2 is 1.74 bits per heavy atom. The van der Waals surface area contributed by atoms with Crippen LogP contribution in [0, 0.1) is 6.92 Å². The molecule has 0 bridgehead atoms. The Labute approximate surface area is 114 Å². The number of allylic oxidation sites excluding steroid dienone is 3. The van der Waals surface area contributed by atoms with E-state index in [9.17, 15) is 0 Å². The molecule has 2 aliphatic carbocycles. The Bertz CT molecular complexity index is 715. The largest absolute Gasteiger partial charge is 0.0622 e. The second-order valence-corrected chi connectivity index (χ2v) is 5.48. The lowest BCUT2D eigenvalue weighted by molar-refractivity contribution is 1.08. The van der Waals surface area contributed by atoms with Gasteiger partial charge in [0.1, 0.15) is 0 Å². The van der Waals surface area contributed by atoms with E-state index >= 15 is 0 Å². The topological polar surface area (TPSA) is 0 Å². The van der Waals surface area contributed by atoms with Crippen LogP contribution in [0.2, 0.25) is 0 Å². The number of benzene rings is 2. The van der Waals surface area contributed by atoms with Crippen LogP contribution in [0.1, 0.15) is 35.1 Å². The van der Waals surface area contributed by atoms with Crippen molar-refractivity contribution in [1.82, 2.24) is 0 Å². The average molecular weight is 244 g/mol. The highest BCUT2D eigenvalue weighted by molar-refractivity contribution is 6.08. The Balaban J connectivity index is 1.96. The van der Waals surface area contributed by atoms with Gasteiger partial charge in [-0.25, -0.2) is 0 Å². The molecule has 0 heterocycles. The summed E-state index contributed by atoms with van der Waals surface area (Å²) in [5, 5.41) is 0. The Morgan fingerprint density at radius 3 is 2.58 bits per heavy atom. The molecule has 0 saturated carbocycles. The van der Waals surface area contributed by atoms with Gasteiger partial charge in [-0.2, -0.15) is 0 Å². The van der Waals surface area contributed by atoms with Gasteiger partial charge in [0, 0.05) is 0 Å². The molecule has 0 saturated heterocycles. The first-order chi connectivity index (χ1) is 9.33. The monoisotopic (exact) mass is 244 g/mol. The van der Waals surface area contributed by atoms with Gasteiger partial charge >= 0.3 is 0 Å². The van der Waals surface area contributed by atoms with Crippen molar-refractivity contribution in [3.05, 3.63) is 76.4 Å². The van der Waals surface area contributed by atoms with E-state index in [4.69, 9.17) is 0 Å². The minimum absolute atomic E-state index is 1.18. The molecule has 0 heteroatoms. The van der Waals surface area contributed by atoms with Crippen LogP contribution in [-0.4, -0.2) is 0 Å². The van der Waals surface area contributed by atoms with Crippen LogP contribution in [0.15, 0.2) is 54.1 Å². The van der Waals surface area contributed by atoms with Crippen LogP contribution in [0.3, 0.4) is 0 Å². The normalized spacial score (nSPS) is 16.4. The fraction of sp³-hybridized carbons (Fsp3) is 0.158. The van der Waals surface area contributed by atoms with Crippen LogP contribution >= 0.6 is 0 Å². The van der Waals surface area contributed by atoms with Crippen molar-refractivity contribution in [2.45, 2.75) is 19.8 Å². The van der Waals surface area contributed by atoms with Crippen LogP contribution in [-0.2, 0) is 0 Å². The lowest BCUT2D eigenvalue weighted by Gasteiger charge is -2.08. The molecule has 0 aliphatic heterocycles. The summed E-state index contributed by atoms with van der Waals surface area (Å²) in [7, 11) is 0. The first-order valence-corrected chi connectivity index (χ1v) is 6.93. The molecule has 0 fully saturated rings. The van der Waals surface area contributed by atoms with E-state index < -0.39 is 0 Å². The third-order valence-corrected chi connectivity index (χ3v) is 4.20. The summed E-state index contributed by atoms with van der Waals surface area (Å²) in [6, 6.07) is 17.6. The average Bonchev–Trinajstić information content (AvgIpc) is 2.99. The van der Waals surface area contributed by atoms with E-state index in [0.29, 0.717) is 0 Å². The van der Waals surface area contributed by atoms with E-state index in [1.807, 2.05) is 0 Å². The summed E-state index contributed by atoms with van der Waals surface area (Å²) in [6.45, 7) is 2.18. The standard InChI is InChI=1S/C19H16/c1-13-7-8-15-12-16-9-10-17(19(16)18(15)11-13)14-5-3-2-4-6-14/h2-8,11-12H,9-10H2,1H3. The molecule has 0 aromatic heterocycles. The number of hydrogen-bond acceptors (Lipinski definition) is 0. The second-order valence-electron chi connectivity index (χ2n) is 5.48. The summed E-state index contributed by atoms with van der Waals surface area (Å²) in [4.78, 5) is 0. The third kappa shape index (κ3) is 1.60. The molecule has 0 amide bonds. The Hall–Kier alpha value is -2.08. The van der Waals surface area contributed by atoms with E-state index in [0.717, 1.165) is 0 Å². The maximum Gasteiger partial charge on any atom is -0.0103 e. The highest BCUT2D eigenvalue weighted by Crippen LogP contribution is 2.49. The van der Waals surface area contributed by atoms with E-state index in [-0.39, 0.29) is 0 Å². The molecule has 19 heavy (non-hydrogen) atoms. The first-order valence-electron chi connectivity index (χ1n) is 6.93. The van der Waals surface area contributed by atoms with Gasteiger partial charge in [-0.05, 0) is 53.2 Å². The predicted octanol–water partition coefficient (Wildman–Crippen LogP) is 5.10. The molecular formula is C19H16. The van der Waals surface area contributed by atoms with Crippen molar-refractivity contribution in [1.29, 1.82) is 0 Å². The zero-order valence-corrected chi connectivity index (χ0v) is 11.1. The van der Waals surface area contributed by atoms with Crippen LogP contribution in [0.5, 0.6) is 0 Å². The molecule has 0 unspecified atom stereocenters. The van der Waals surface area contributed by atoms with Crippen molar-refractivity contribution >= 4 is 17.2 Å². The molecule has 0 spiro atoms. The van der Waals surface area contributed by atoms with Crippen LogP contribution in [0.4, 0.5) is 0 Å². The minimum Gasteiger partial charge on any atom is -0.0622 e. The summed E-state index contributed by atoms with van der Waals surface area (Å²) < 4.78 is 0. The molecule has 0 nitrogen and oxygen atoms in total. The van der Waals surface area contributed by atoms with Crippen molar-refractivity contribution < 1.29 is 0 Å².